The third-order valence-corrected chi connectivity index (χ3v) is 6.92. The number of fused-ring (bicyclic) bond motifs is 2. The third-order valence-electron chi connectivity index (χ3n) is 6.92. The van der Waals surface area contributed by atoms with Gasteiger partial charge in [0.1, 0.15) is 29.7 Å². The average molecular weight is 552 g/mol. The second-order valence-electron chi connectivity index (χ2n) is 10.8. The molecule has 5 rings (SSSR count). The molecule has 1 unspecified atom stereocenters. The first kappa shape index (κ1) is 29.5. The Morgan fingerprint density at radius 1 is 1.00 bits per heavy atom. The molecule has 0 radical (unpaired) electrons. The number of aryl methyl sites for hydroxylation is 1. The summed E-state index contributed by atoms with van der Waals surface area (Å²) in [5.41, 5.74) is 6.11. The molecule has 0 fully saturated rings. The van der Waals surface area contributed by atoms with Crippen LogP contribution < -0.4 is 10.1 Å². The Morgan fingerprint density at radius 3 is 2.44 bits per heavy atom. The van der Waals surface area contributed by atoms with E-state index in [9.17, 15) is 0 Å². The van der Waals surface area contributed by atoms with Crippen molar-refractivity contribution in [2.24, 2.45) is 5.92 Å². The standard InChI is InChI=1S/C28H33N7O.C5H8/c1-5-6-21(8-7-19(2)3)24-12-14-35-27(24)28(30-18-32-35)33-22-9-10-25(20(4)15-22)36-23-11-13-34-26(16-23)29-17-31-34;1-4-5(2)3/h9-19,21H,5-8H2,1-4H3,(H,30,32,33);4H,1-2H2,3H3. The summed E-state index contributed by atoms with van der Waals surface area (Å²) in [5.74, 6) is 3.51. The van der Waals surface area contributed by atoms with E-state index in [1.807, 2.05) is 55.0 Å². The second-order valence-corrected chi connectivity index (χ2v) is 10.8. The van der Waals surface area contributed by atoms with Crippen molar-refractivity contribution >= 4 is 22.7 Å². The molecule has 4 aromatic heterocycles. The Balaban J connectivity index is 0.000000714. The molecular weight excluding hydrogens is 510 g/mol. The highest BCUT2D eigenvalue weighted by Crippen LogP contribution is 2.35. The van der Waals surface area contributed by atoms with E-state index < -0.39 is 0 Å². The summed E-state index contributed by atoms with van der Waals surface area (Å²) in [6, 6.07) is 12.0. The molecule has 0 aliphatic rings. The molecule has 8 nitrogen and oxygen atoms in total. The number of anilines is 2. The quantitative estimate of drug-likeness (QED) is 0.165. The molecule has 0 bridgehead atoms. The molecule has 0 saturated carbocycles. The van der Waals surface area contributed by atoms with Gasteiger partial charge in [-0.2, -0.15) is 10.2 Å². The molecule has 1 aromatic carbocycles. The van der Waals surface area contributed by atoms with Crippen molar-refractivity contribution in [1.29, 1.82) is 0 Å². The molecule has 41 heavy (non-hydrogen) atoms. The van der Waals surface area contributed by atoms with Crippen LogP contribution >= 0.6 is 0 Å². The molecule has 1 N–H and O–H groups in total. The third kappa shape index (κ3) is 7.60. The fraction of sp³-hybridized carbons (Fsp3) is 0.333. The fourth-order valence-corrected chi connectivity index (χ4v) is 4.70. The van der Waals surface area contributed by atoms with Gasteiger partial charge < -0.3 is 10.1 Å². The zero-order valence-electron chi connectivity index (χ0n) is 24.8. The molecule has 0 aliphatic heterocycles. The summed E-state index contributed by atoms with van der Waals surface area (Å²) in [6.45, 7) is 17.8. The Kier molecular flexibility index (Phi) is 9.90. The number of ether oxygens (including phenoxy) is 1. The van der Waals surface area contributed by atoms with Gasteiger partial charge in [-0.3, -0.25) is 0 Å². The molecule has 1 atom stereocenters. The first-order valence-electron chi connectivity index (χ1n) is 14.2. The highest BCUT2D eigenvalue weighted by Gasteiger charge is 2.19. The lowest BCUT2D eigenvalue weighted by Gasteiger charge is -2.18. The van der Waals surface area contributed by atoms with Gasteiger partial charge in [-0.15, -0.1) is 0 Å². The van der Waals surface area contributed by atoms with Crippen LogP contribution in [-0.4, -0.2) is 29.2 Å². The highest BCUT2D eigenvalue weighted by atomic mass is 16.5. The van der Waals surface area contributed by atoms with Crippen LogP contribution in [0.25, 0.3) is 11.2 Å². The Morgan fingerprint density at radius 2 is 1.73 bits per heavy atom. The van der Waals surface area contributed by atoms with Gasteiger partial charge in [0.05, 0.1) is 0 Å². The van der Waals surface area contributed by atoms with E-state index in [1.54, 1.807) is 16.9 Å². The molecular formula is C33H41N7O. The summed E-state index contributed by atoms with van der Waals surface area (Å²) in [4.78, 5) is 8.85. The van der Waals surface area contributed by atoms with Crippen molar-refractivity contribution in [2.75, 3.05) is 5.32 Å². The van der Waals surface area contributed by atoms with E-state index >= 15 is 0 Å². The predicted molar refractivity (Wildman–Crippen MR) is 167 cm³/mol. The maximum Gasteiger partial charge on any atom is 0.158 e. The van der Waals surface area contributed by atoms with Crippen molar-refractivity contribution in [2.45, 2.75) is 66.2 Å². The molecule has 4 heterocycles. The van der Waals surface area contributed by atoms with Crippen molar-refractivity contribution in [3.63, 3.8) is 0 Å². The normalized spacial score (nSPS) is 11.8. The highest BCUT2D eigenvalue weighted by molar-refractivity contribution is 5.77. The Labute approximate surface area is 242 Å². The first-order valence-corrected chi connectivity index (χ1v) is 14.2. The molecule has 0 spiro atoms. The van der Waals surface area contributed by atoms with E-state index in [2.05, 4.69) is 71.5 Å². The van der Waals surface area contributed by atoms with Gasteiger partial charge in [0.2, 0.25) is 0 Å². The lowest BCUT2D eigenvalue weighted by Crippen LogP contribution is -2.05. The van der Waals surface area contributed by atoms with Gasteiger partial charge in [-0.1, -0.05) is 58.4 Å². The van der Waals surface area contributed by atoms with E-state index in [4.69, 9.17) is 4.74 Å². The fourth-order valence-electron chi connectivity index (χ4n) is 4.70. The zero-order valence-corrected chi connectivity index (χ0v) is 24.8. The molecule has 8 heteroatoms. The van der Waals surface area contributed by atoms with E-state index in [-0.39, 0.29) is 0 Å². The number of aromatic nitrogens is 6. The topological polar surface area (TPSA) is 81.6 Å². The number of nitrogens with zero attached hydrogens (tertiary/aromatic N) is 6. The molecule has 5 aromatic rings. The minimum atomic E-state index is 0.495. The van der Waals surface area contributed by atoms with Crippen LogP contribution in [0.3, 0.4) is 0 Å². The van der Waals surface area contributed by atoms with Gasteiger partial charge >= 0.3 is 0 Å². The minimum absolute atomic E-state index is 0.495. The number of hydrogen-bond acceptors (Lipinski definition) is 6. The number of nitrogens with one attached hydrogen (secondary N) is 1. The number of pyridine rings is 1. The summed E-state index contributed by atoms with van der Waals surface area (Å²) >= 11 is 0. The zero-order chi connectivity index (χ0) is 29.4. The Hall–Kier alpha value is -4.46. The number of benzene rings is 1. The number of allylic oxidation sites excluding steroid dienone is 2. The minimum Gasteiger partial charge on any atom is -0.457 e. The predicted octanol–water partition coefficient (Wildman–Crippen LogP) is 8.68. The van der Waals surface area contributed by atoms with Crippen molar-refractivity contribution in [3.8, 4) is 11.5 Å². The van der Waals surface area contributed by atoms with Gasteiger partial charge in [0.15, 0.2) is 11.5 Å². The Bertz CT molecular complexity index is 1610. The maximum atomic E-state index is 6.13. The van der Waals surface area contributed by atoms with E-state index in [0.717, 1.165) is 58.1 Å². The van der Waals surface area contributed by atoms with Crippen LogP contribution in [-0.2, 0) is 0 Å². The van der Waals surface area contributed by atoms with Crippen molar-refractivity contribution < 1.29 is 4.74 Å². The summed E-state index contributed by atoms with van der Waals surface area (Å²) in [7, 11) is 0. The lowest BCUT2D eigenvalue weighted by atomic mass is 9.88. The van der Waals surface area contributed by atoms with E-state index in [0.29, 0.717) is 11.8 Å². The van der Waals surface area contributed by atoms with Crippen LogP contribution in [0.4, 0.5) is 11.5 Å². The monoisotopic (exact) mass is 551 g/mol. The van der Waals surface area contributed by atoms with Crippen molar-refractivity contribution in [3.05, 3.63) is 97.4 Å². The van der Waals surface area contributed by atoms with Crippen LogP contribution in [0, 0.1) is 12.8 Å². The van der Waals surface area contributed by atoms with Crippen LogP contribution in [0.5, 0.6) is 11.5 Å². The lowest BCUT2D eigenvalue weighted by molar-refractivity contribution is 0.478. The largest absolute Gasteiger partial charge is 0.457 e. The van der Waals surface area contributed by atoms with Gasteiger partial charge in [-0.25, -0.2) is 19.0 Å². The van der Waals surface area contributed by atoms with Gasteiger partial charge in [0, 0.05) is 24.1 Å². The maximum absolute atomic E-state index is 6.13. The smallest absolute Gasteiger partial charge is 0.158 e. The van der Waals surface area contributed by atoms with Crippen molar-refractivity contribution in [1.82, 2.24) is 29.2 Å². The van der Waals surface area contributed by atoms with Gasteiger partial charge in [0.25, 0.3) is 0 Å². The van der Waals surface area contributed by atoms with Crippen LogP contribution in [0.1, 0.15) is 70.4 Å². The molecule has 214 valence electrons. The average Bonchev–Trinajstić information content (AvgIpc) is 3.60. The second kappa shape index (κ2) is 13.7. The first-order chi connectivity index (χ1) is 19.8. The van der Waals surface area contributed by atoms with E-state index in [1.165, 1.54) is 24.7 Å². The molecule has 0 aliphatic carbocycles. The van der Waals surface area contributed by atoms with Gasteiger partial charge in [-0.05, 0) is 80.0 Å². The molecule has 0 saturated heterocycles. The van der Waals surface area contributed by atoms with Crippen LogP contribution in [0.2, 0.25) is 0 Å². The SMILES string of the molecule is C=CC(=C)C.CCCC(CCC(C)C)c1ccn2ncnc(Nc3ccc(Oc4ccn5ncnc5c4)c(C)c3)c12. The summed E-state index contributed by atoms with van der Waals surface area (Å²) < 4.78 is 9.78. The summed E-state index contributed by atoms with van der Waals surface area (Å²) in [5, 5.41) is 12.1. The van der Waals surface area contributed by atoms with Crippen LogP contribution in [0.15, 0.2) is 86.3 Å². The summed E-state index contributed by atoms with van der Waals surface area (Å²) in [6.07, 6.45) is 13.4. The number of hydrogen-bond donors (Lipinski definition) is 1. The molecule has 0 amide bonds. The number of rotatable bonds is 11.